The molecular formula is C18H19ClN2O3. The van der Waals surface area contributed by atoms with Crippen molar-refractivity contribution >= 4 is 23.7 Å². The number of amides is 1. The molecule has 1 amide bonds. The highest BCUT2D eigenvalue weighted by Gasteiger charge is 2.06. The number of benzene rings is 2. The number of rotatable bonds is 7. The molecule has 0 bridgehead atoms. The Hall–Kier alpha value is -2.53. The van der Waals surface area contributed by atoms with Crippen LogP contribution in [-0.4, -0.2) is 25.8 Å². The minimum atomic E-state index is -0.329. The average Bonchev–Trinajstić information content (AvgIpc) is 2.60. The molecule has 0 unspecified atom stereocenters. The Balaban J connectivity index is 2.04. The number of ether oxygens (including phenoxy) is 2. The Morgan fingerprint density at radius 2 is 2.08 bits per heavy atom. The lowest BCUT2D eigenvalue weighted by atomic mass is 10.2. The molecule has 0 aromatic heterocycles. The quantitative estimate of drug-likeness (QED) is 0.611. The van der Waals surface area contributed by atoms with Gasteiger partial charge in [-0.05, 0) is 48.4 Å². The van der Waals surface area contributed by atoms with E-state index < -0.39 is 0 Å². The van der Waals surface area contributed by atoms with Crippen molar-refractivity contribution in [1.82, 2.24) is 5.43 Å². The van der Waals surface area contributed by atoms with Crippen LogP contribution in [0.1, 0.15) is 29.3 Å². The lowest BCUT2D eigenvalue weighted by Crippen LogP contribution is -2.17. The fraction of sp³-hybridized carbons (Fsp3) is 0.222. The number of hydrogen-bond acceptors (Lipinski definition) is 4. The molecule has 0 radical (unpaired) electrons. The van der Waals surface area contributed by atoms with E-state index >= 15 is 0 Å². The Morgan fingerprint density at radius 3 is 2.79 bits per heavy atom. The Labute approximate surface area is 146 Å². The first kappa shape index (κ1) is 17.8. The van der Waals surface area contributed by atoms with Gasteiger partial charge in [0.1, 0.15) is 0 Å². The van der Waals surface area contributed by atoms with Crippen molar-refractivity contribution in [2.45, 2.75) is 13.3 Å². The maximum atomic E-state index is 12.0. The second-order valence-corrected chi connectivity index (χ2v) is 5.40. The molecule has 0 aliphatic heterocycles. The topological polar surface area (TPSA) is 59.9 Å². The molecule has 1 N–H and O–H groups in total. The minimum absolute atomic E-state index is 0.329. The smallest absolute Gasteiger partial charge is 0.271 e. The highest BCUT2D eigenvalue weighted by atomic mass is 35.5. The molecule has 0 fully saturated rings. The van der Waals surface area contributed by atoms with Crippen LogP contribution in [0.15, 0.2) is 47.6 Å². The van der Waals surface area contributed by atoms with Crippen LogP contribution in [0.5, 0.6) is 11.5 Å². The average molecular weight is 347 g/mol. The van der Waals surface area contributed by atoms with Gasteiger partial charge in [-0.25, -0.2) is 5.43 Å². The Morgan fingerprint density at radius 1 is 1.25 bits per heavy atom. The van der Waals surface area contributed by atoms with Crippen molar-refractivity contribution < 1.29 is 14.3 Å². The van der Waals surface area contributed by atoms with Crippen molar-refractivity contribution in [3.8, 4) is 11.5 Å². The molecule has 0 spiro atoms. The van der Waals surface area contributed by atoms with E-state index in [0.717, 1.165) is 12.0 Å². The number of carbonyl (C=O) groups is 1. The predicted molar refractivity (Wildman–Crippen MR) is 95.3 cm³/mol. The molecule has 0 aliphatic carbocycles. The standard InChI is InChI=1S/C18H19ClN2O3/c1-3-9-24-17-10-13(7-8-16(17)23-2)12-20-21-18(22)14-5-4-6-15(19)11-14/h4-8,10-12H,3,9H2,1-2H3,(H,21,22)/b20-12-. The molecule has 0 aliphatic rings. The van der Waals surface area contributed by atoms with Gasteiger partial charge in [-0.15, -0.1) is 0 Å². The molecular weight excluding hydrogens is 328 g/mol. The van der Waals surface area contributed by atoms with Gasteiger partial charge in [-0.1, -0.05) is 24.6 Å². The summed E-state index contributed by atoms with van der Waals surface area (Å²) in [6.07, 6.45) is 2.44. The van der Waals surface area contributed by atoms with Gasteiger partial charge in [-0.3, -0.25) is 4.79 Å². The van der Waals surface area contributed by atoms with Crippen LogP contribution in [0.2, 0.25) is 5.02 Å². The molecule has 2 aromatic carbocycles. The van der Waals surface area contributed by atoms with E-state index in [1.807, 2.05) is 19.1 Å². The summed E-state index contributed by atoms with van der Waals surface area (Å²) in [4.78, 5) is 12.0. The first-order chi connectivity index (χ1) is 11.6. The van der Waals surface area contributed by atoms with Gasteiger partial charge in [-0.2, -0.15) is 5.10 Å². The number of hydrogen-bond donors (Lipinski definition) is 1. The third-order valence-corrected chi connectivity index (χ3v) is 3.35. The zero-order valence-corrected chi connectivity index (χ0v) is 14.3. The van der Waals surface area contributed by atoms with Crippen molar-refractivity contribution in [3.63, 3.8) is 0 Å². The lowest BCUT2D eigenvalue weighted by molar-refractivity contribution is 0.0955. The number of halogens is 1. The summed E-state index contributed by atoms with van der Waals surface area (Å²) in [5, 5.41) is 4.46. The molecule has 6 heteroatoms. The summed E-state index contributed by atoms with van der Waals surface area (Å²) in [6, 6.07) is 12.1. The van der Waals surface area contributed by atoms with Crippen LogP contribution in [0, 0.1) is 0 Å². The highest BCUT2D eigenvalue weighted by Crippen LogP contribution is 2.27. The van der Waals surface area contributed by atoms with Gasteiger partial charge in [0.25, 0.3) is 5.91 Å². The van der Waals surface area contributed by atoms with Gasteiger partial charge in [0.2, 0.25) is 0 Å². The zero-order valence-electron chi connectivity index (χ0n) is 13.6. The predicted octanol–water partition coefficient (Wildman–Crippen LogP) is 3.90. The lowest BCUT2D eigenvalue weighted by Gasteiger charge is -2.10. The largest absolute Gasteiger partial charge is 0.493 e. The van der Waals surface area contributed by atoms with Crippen LogP contribution in [0.3, 0.4) is 0 Å². The van der Waals surface area contributed by atoms with Crippen molar-refractivity contribution in [1.29, 1.82) is 0 Å². The third-order valence-electron chi connectivity index (χ3n) is 3.12. The van der Waals surface area contributed by atoms with E-state index in [2.05, 4.69) is 10.5 Å². The van der Waals surface area contributed by atoms with E-state index in [1.165, 1.54) is 0 Å². The molecule has 2 aromatic rings. The zero-order chi connectivity index (χ0) is 17.4. The second-order valence-electron chi connectivity index (χ2n) is 4.97. The van der Waals surface area contributed by atoms with Crippen molar-refractivity contribution in [2.24, 2.45) is 5.10 Å². The normalized spacial score (nSPS) is 10.6. The number of methoxy groups -OCH3 is 1. The SMILES string of the molecule is CCCOc1cc(/C=N\NC(=O)c2cccc(Cl)c2)ccc1OC. The summed E-state index contributed by atoms with van der Waals surface area (Å²) in [7, 11) is 1.59. The summed E-state index contributed by atoms with van der Waals surface area (Å²) in [5.74, 6) is 0.970. The maximum Gasteiger partial charge on any atom is 0.271 e. The fourth-order valence-electron chi connectivity index (χ4n) is 1.96. The van der Waals surface area contributed by atoms with Gasteiger partial charge in [0.05, 0.1) is 19.9 Å². The number of nitrogens with one attached hydrogen (secondary N) is 1. The van der Waals surface area contributed by atoms with Crippen molar-refractivity contribution in [2.75, 3.05) is 13.7 Å². The van der Waals surface area contributed by atoms with Gasteiger partial charge < -0.3 is 9.47 Å². The molecule has 126 valence electrons. The number of hydrazone groups is 1. The maximum absolute atomic E-state index is 12.0. The van der Waals surface area contributed by atoms with E-state index in [4.69, 9.17) is 21.1 Å². The third kappa shape index (κ3) is 4.99. The Kier molecular flexibility index (Phi) is 6.63. The minimum Gasteiger partial charge on any atom is -0.493 e. The molecule has 0 heterocycles. The molecule has 5 nitrogen and oxygen atoms in total. The molecule has 2 rings (SSSR count). The first-order valence-electron chi connectivity index (χ1n) is 7.54. The summed E-state index contributed by atoms with van der Waals surface area (Å²) < 4.78 is 10.9. The molecule has 0 saturated carbocycles. The summed E-state index contributed by atoms with van der Waals surface area (Å²) >= 11 is 5.86. The van der Waals surface area contributed by atoms with Crippen LogP contribution >= 0.6 is 11.6 Å². The first-order valence-corrected chi connectivity index (χ1v) is 7.91. The van der Waals surface area contributed by atoms with Gasteiger partial charge in [0, 0.05) is 10.6 Å². The number of carbonyl (C=O) groups excluding carboxylic acids is 1. The summed E-state index contributed by atoms with van der Waals surface area (Å²) in [5.41, 5.74) is 3.70. The molecule has 24 heavy (non-hydrogen) atoms. The van der Waals surface area contributed by atoms with E-state index in [1.54, 1.807) is 43.7 Å². The van der Waals surface area contributed by atoms with Crippen molar-refractivity contribution in [3.05, 3.63) is 58.6 Å². The number of nitrogens with zero attached hydrogens (tertiary/aromatic N) is 1. The Bertz CT molecular complexity index is 732. The monoisotopic (exact) mass is 346 g/mol. The molecule has 0 saturated heterocycles. The summed E-state index contributed by atoms with van der Waals surface area (Å²) in [6.45, 7) is 2.63. The van der Waals surface area contributed by atoms with Gasteiger partial charge >= 0.3 is 0 Å². The van der Waals surface area contributed by atoms with E-state index in [0.29, 0.717) is 28.7 Å². The van der Waals surface area contributed by atoms with Crippen LogP contribution in [0.25, 0.3) is 0 Å². The van der Waals surface area contributed by atoms with Crippen LogP contribution in [-0.2, 0) is 0 Å². The fourth-order valence-corrected chi connectivity index (χ4v) is 2.15. The van der Waals surface area contributed by atoms with Crippen LogP contribution < -0.4 is 14.9 Å². The highest BCUT2D eigenvalue weighted by molar-refractivity contribution is 6.30. The van der Waals surface area contributed by atoms with E-state index in [9.17, 15) is 4.79 Å². The van der Waals surface area contributed by atoms with Crippen LogP contribution in [0.4, 0.5) is 0 Å². The van der Waals surface area contributed by atoms with Gasteiger partial charge in [0.15, 0.2) is 11.5 Å². The van der Waals surface area contributed by atoms with E-state index in [-0.39, 0.29) is 5.91 Å². The molecule has 0 atom stereocenters. The second kappa shape index (κ2) is 8.93.